The summed E-state index contributed by atoms with van der Waals surface area (Å²) in [5.41, 5.74) is 0.777. The highest BCUT2D eigenvalue weighted by atomic mass is 32.2. The summed E-state index contributed by atoms with van der Waals surface area (Å²) in [6.07, 6.45) is 3.33. The second-order valence-electron chi connectivity index (χ2n) is 3.12. The quantitative estimate of drug-likeness (QED) is 0.853. The molecular formula is C12H11NO2S. The predicted octanol–water partition coefficient (Wildman–Crippen LogP) is 2.92. The number of hydrogen-bond acceptors (Lipinski definition) is 3. The summed E-state index contributed by atoms with van der Waals surface area (Å²) in [4.78, 5) is 11.5. The summed E-state index contributed by atoms with van der Waals surface area (Å²) >= 11 is 1.68. The lowest BCUT2D eigenvalue weighted by molar-refractivity contribution is 0.204. The average molecular weight is 233 g/mol. The number of carbonyl (C=O) groups is 1. The molecule has 1 N–H and O–H groups in total. The van der Waals surface area contributed by atoms with Crippen molar-refractivity contribution in [1.82, 2.24) is 5.32 Å². The van der Waals surface area contributed by atoms with Crippen LogP contribution in [-0.2, 0) is 0 Å². The molecule has 0 spiro atoms. The number of benzene rings is 1. The van der Waals surface area contributed by atoms with Crippen LogP contribution in [0.15, 0.2) is 53.6 Å². The van der Waals surface area contributed by atoms with E-state index in [2.05, 4.69) is 5.32 Å². The van der Waals surface area contributed by atoms with Crippen molar-refractivity contribution in [2.24, 2.45) is 0 Å². The van der Waals surface area contributed by atoms with Gasteiger partial charge in [-0.15, -0.1) is 11.8 Å². The van der Waals surface area contributed by atoms with Crippen LogP contribution in [0.5, 0.6) is 5.75 Å². The summed E-state index contributed by atoms with van der Waals surface area (Å²) < 4.78 is 5.09. The van der Waals surface area contributed by atoms with E-state index < -0.39 is 6.09 Å². The first-order chi connectivity index (χ1) is 7.84. The predicted molar refractivity (Wildman–Crippen MR) is 65.3 cm³/mol. The molecule has 0 saturated carbocycles. The highest BCUT2D eigenvalue weighted by molar-refractivity contribution is 8.02. The lowest BCUT2D eigenvalue weighted by Crippen LogP contribution is -2.25. The molecule has 1 aliphatic rings. The second kappa shape index (κ2) is 5.42. The Bertz CT molecular complexity index is 426. The van der Waals surface area contributed by atoms with E-state index in [4.69, 9.17) is 4.74 Å². The maximum Gasteiger partial charge on any atom is 0.417 e. The molecule has 0 unspecified atom stereocenters. The SMILES string of the molecule is O=C(NC1=CCSC=C1)Oc1ccccc1. The van der Waals surface area contributed by atoms with Crippen molar-refractivity contribution in [1.29, 1.82) is 0 Å². The summed E-state index contributed by atoms with van der Waals surface area (Å²) in [6, 6.07) is 8.98. The van der Waals surface area contributed by atoms with Gasteiger partial charge in [0.05, 0.1) is 0 Å². The van der Waals surface area contributed by atoms with Gasteiger partial charge in [-0.3, -0.25) is 5.32 Å². The van der Waals surface area contributed by atoms with Crippen LogP contribution in [0.4, 0.5) is 4.79 Å². The Morgan fingerprint density at radius 3 is 2.81 bits per heavy atom. The fourth-order valence-corrected chi connectivity index (χ4v) is 1.84. The number of hydrogen-bond donors (Lipinski definition) is 1. The molecule has 16 heavy (non-hydrogen) atoms. The molecule has 0 fully saturated rings. The number of rotatable bonds is 2. The molecule has 0 aromatic heterocycles. The molecule has 1 aromatic carbocycles. The largest absolute Gasteiger partial charge is 0.417 e. The number of thioether (sulfide) groups is 1. The van der Waals surface area contributed by atoms with Crippen LogP contribution in [0.3, 0.4) is 0 Å². The van der Waals surface area contributed by atoms with Crippen molar-refractivity contribution in [3.05, 3.63) is 53.6 Å². The molecule has 1 heterocycles. The van der Waals surface area contributed by atoms with Crippen molar-refractivity contribution in [3.8, 4) is 5.75 Å². The Hall–Kier alpha value is -1.68. The van der Waals surface area contributed by atoms with Gasteiger partial charge in [0.25, 0.3) is 0 Å². The maximum atomic E-state index is 11.5. The molecule has 3 nitrogen and oxygen atoms in total. The Morgan fingerprint density at radius 1 is 1.31 bits per heavy atom. The number of para-hydroxylation sites is 1. The van der Waals surface area contributed by atoms with Gasteiger partial charge in [0.2, 0.25) is 0 Å². The van der Waals surface area contributed by atoms with Gasteiger partial charge in [0.1, 0.15) is 5.75 Å². The van der Waals surface area contributed by atoms with Gasteiger partial charge < -0.3 is 4.74 Å². The molecule has 0 aliphatic carbocycles. The Kier molecular flexibility index (Phi) is 3.66. The fourth-order valence-electron chi connectivity index (χ4n) is 1.21. The van der Waals surface area contributed by atoms with Crippen LogP contribution in [0.2, 0.25) is 0 Å². The van der Waals surface area contributed by atoms with Crippen molar-refractivity contribution < 1.29 is 9.53 Å². The van der Waals surface area contributed by atoms with Crippen LogP contribution >= 0.6 is 11.8 Å². The van der Waals surface area contributed by atoms with E-state index >= 15 is 0 Å². The number of nitrogens with one attached hydrogen (secondary N) is 1. The molecule has 0 saturated heterocycles. The van der Waals surface area contributed by atoms with Crippen LogP contribution < -0.4 is 10.1 Å². The molecule has 0 bridgehead atoms. The summed E-state index contributed by atoms with van der Waals surface area (Å²) in [5, 5.41) is 4.61. The monoisotopic (exact) mass is 233 g/mol. The van der Waals surface area contributed by atoms with Crippen molar-refractivity contribution in [2.45, 2.75) is 0 Å². The van der Waals surface area contributed by atoms with Gasteiger partial charge in [-0.2, -0.15) is 0 Å². The standard InChI is InChI=1S/C12H11NO2S/c14-12(13-10-6-8-16-9-7-10)15-11-4-2-1-3-5-11/h1-8H,9H2,(H,13,14). The molecule has 4 heteroatoms. The third-order valence-corrected chi connectivity index (χ3v) is 2.63. The smallest absolute Gasteiger partial charge is 0.410 e. The van der Waals surface area contributed by atoms with E-state index in [-0.39, 0.29) is 0 Å². The average Bonchev–Trinajstić information content (AvgIpc) is 2.31. The molecule has 1 aliphatic heterocycles. The summed E-state index contributed by atoms with van der Waals surface area (Å²) in [6.45, 7) is 0. The number of allylic oxidation sites excluding steroid dienone is 1. The molecule has 2 rings (SSSR count). The minimum absolute atomic E-state index is 0.464. The van der Waals surface area contributed by atoms with Gasteiger partial charge in [0.15, 0.2) is 0 Å². The highest BCUT2D eigenvalue weighted by Gasteiger charge is 2.06. The number of amides is 1. The lowest BCUT2D eigenvalue weighted by Gasteiger charge is -2.09. The molecule has 1 amide bonds. The van der Waals surface area contributed by atoms with E-state index in [0.717, 1.165) is 11.4 Å². The molecule has 82 valence electrons. The van der Waals surface area contributed by atoms with Crippen LogP contribution in [-0.4, -0.2) is 11.8 Å². The Balaban J connectivity index is 1.89. The molecule has 0 radical (unpaired) electrons. The zero-order valence-corrected chi connectivity index (χ0v) is 9.37. The third-order valence-electron chi connectivity index (χ3n) is 1.94. The first kappa shape index (κ1) is 10.8. The van der Waals surface area contributed by atoms with E-state index in [9.17, 15) is 4.79 Å². The molecule has 0 atom stereocenters. The maximum absolute atomic E-state index is 11.5. The van der Waals surface area contributed by atoms with Crippen molar-refractivity contribution >= 4 is 17.9 Å². The van der Waals surface area contributed by atoms with Crippen LogP contribution in [0.25, 0.3) is 0 Å². The fraction of sp³-hybridized carbons (Fsp3) is 0.0833. The van der Waals surface area contributed by atoms with E-state index in [0.29, 0.717) is 5.75 Å². The normalized spacial score (nSPS) is 14.1. The third kappa shape index (κ3) is 3.17. The number of ether oxygens (including phenoxy) is 1. The van der Waals surface area contributed by atoms with Crippen LogP contribution in [0.1, 0.15) is 0 Å². The minimum atomic E-state index is -0.464. The van der Waals surface area contributed by atoms with E-state index in [1.807, 2.05) is 35.8 Å². The van der Waals surface area contributed by atoms with Gasteiger partial charge in [-0.1, -0.05) is 24.3 Å². The zero-order chi connectivity index (χ0) is 11.2. The second-order valence-corrected chi connectivity index (χ2v) is 4.06. The topological polar surface area (TPSA) is 38.3 Å². The lowest BCUT2D eigenvalue weighted by atomic mass is 10.3. The molecular weight excluding hydrogens is 222 g/mol. The first-order valence-electron chi connectivity index (χ1n) is 4.87. The Morgan fingerprint density at radius 2 is 2.12 bits per heavy atom. The highest BCUT2D eigenvalue weighted by Crippen LogP contribution is 2.13. The van der Waals surface area contributed by atoms with Gasteiger partial charge in [-0.05, 0) is 23.6 Å². The number of carbonyl (C=O) groups excluding carboxylic acids is 1. The van der Waals surface area contributed by atoms with E-state index in [1.54, 1.807) is 23.9 Å². The summed E-state index contributed by atoms with van der Waals surface area (Å²) in [5.74, 6) is 1.41. The van der Waals surface area contributed by atoms with Gasteiger partial charge in [-0.25, -0.2) is 4.79 Å². The van der Waals surface area contributed by atoms with Crippen LogP contribution in [0, 0.1) is 0 Å². The van der Waals surface area contributed by atoms with Gasteiger partial charge in [0, 0.05) is 11.4 Å². The zero-order valence-electron chi connectivity index (χ0n) is 8.55. The van der Waals surface area contributed by atoms with Crippen molar-refractivity contribution in [2.75, 3.05) is 5.75 Å². The Labute approximate surface area is 98.2 Å². The van der Waals surface area contributed by atoms with E-state index in [1.165, 1.54) is 0 Å². The molecule has 1 aromatic rings. The van der Waals surface area contributed by atoms with Crippen molar-refractivity contribution in [3.63, 3.8) is 0 Å². The minimum Gasteiger partial charge on any atom is -0.410 e. The summed E-state index contributed by atoms with van der Waals surface area (Å²) in [7, 11) is 0. The van der Waals surface area contributed by atoms with Gasteiger partial charge >= 0.3 is 6.09 Å². The first-order valence-corrected chi connectivity index (χ1v) is 5.92.